The van der Waals surface area contributed by atoms with E-state index in [0.717, 1.165) is 10.0 Å². The van der Waals surface area contributed by atoms with E-state index < -0.39 is 0 Å². The number of methoxy groups -OCH3 is 2. The molecule has 0 aromatic heterocycles. The molecule has 5 heteroatoms. The van der Waals surface area contributed by atoms with Crippen molar-refractivity contribution < 1.29 is 14.3 Å². The van der Waals surface area contributed by atoms with E-state index in [9.17, 15) is 4.79 Å². The van der Waals surface area contributed by atoms with Crippen molar-refractivity contribution in [3.05, 3.63) is 22.2 Å². The first-order valence-electron chi connectivity index (χ1n) is 6.15. The normalized spacial score (nSPS) is 10.4. The van der Waals surface area contributed by atoms with E-state index in [0.29, 0.717) is 30.4 Å². The molecule has 0 saturated heterocycles. The maximum absolute atomic E-state index is 11.6. The van der Waals surface area contributed by atoms with Gasteiger partial charge < -0.3 is 14.8 Å². The molecule has 0 aliphatic rings. The van der Waals surface area contributed by atoms with Gasteiger partial charge in [0.2, 0.25) is 5.91 Å². The van der Waals surface area contributed by atoms with Gasteiger partial charge >= 0.3 is 0 Å². The molecular weight excluding hydrogens is 310 g/mol. The van der Waals surface area contributed by atoms with Crippen LogP contribution in [0.5, 0.6) is 11.5 Å². The summed E-state index contributed by atoms with van der Waals surface area (Å²) in [5.74, 6) is 1.72. The Bertz CT molecular complexity index is 447. The first-order chi connectivity index (χ1) is 8.97. The van der Waals surface area contributed by atoms with Gasteiger partial charge in [-0.3, -0.25) is 4.79 Å². The molecule has 0 bridgehead atoms. The molecule has 1 amide bonds. The smallest absolute Gasteiger partial charge is 0.220 e. The van der Waals surface area contributed by atoms with Crippen LogP contribution >= 0.6 is 15.9 Å². The summed E-state index contributed by atoms with van der Waals surface area (Å²) < 4.78 is 11.3. The van der Waals surface area contributed by atoms with E-state index in [1.54, 1.807) is 14.2 Å². The van der Waals surface area contributed by atoms with Gasteiger partial charge in [-0.15, -0.1) is 0 Å². The molecule has 4 nitrogen and oxygen atoms in total. The molecule has 0 heterocycles. The molecule has 106 valence electrons. The molecule has 0 atom stereocenters. The number of hydrogen-bond acceptors (Lipinski definition) is 3. The Morgan fingerprint density at radius 1 is 1.26 bits per heavy atom. The van der Waals surface area contributed by atoms with Gasteiger partial charge in [0.25, 0.3) is 0 Å². The highest BCUT2D eigenvalue weighted by atomic mass is 79.9. The molecule has 1 aromatic carbocycles. The SMILES string of the molecule is COc1cc(Br)c(CNC(=O)CC(C)C)cc1OC. The number of benzene rings is 1. The van der Waals surface area contributed by atoms with Gasteiger partial charge in [0.05, 0.1) is 14.2 Å². The van der Waals surface area contributed by atoms with Crippen molar-refractivity contribution in [3.8, 4) is 11.5 Å². The van der Waals surface area contributed by atoms with Gasteiger partial charge in [0.15, 0.2) is 11.5 Å². The lowest BCUT2D eigenvalue weighted by molar-refractivity contribution is -0.121. The number of nitrogens with one attached hydrogen (secondary N) is 1. The number of carbonyl (C=O) groups excluding carboxylic acids is 1. The van der Waals surface area contributed by atoms with Crippen LogP contribution in [0, 0.1) is 5.92 Å². The molecule has 0 aliphatic heterocycles. The minimum Gasteiger partial charge on any atom is -0.493 e. The first-order valence-corrected chi connectivity index (χ1v) is 6.94. The second-order valence-electron chi connectivity index (χ2n) is 4.67. The fourth-order valence-electron chi connectivity index (χ4n) is 1.67. The molecule has 0 unspecified atom stereocenters. The van der Waals surface area contributed by atoms with Gasteiger partial charge in [-0.1, -0.05) is 29.8 Å². The van der Waals surface area contributed by atoms with Crippen molar-refractivity contribution in [1.82, 2.24) is 5.32 Å². The van der Waals surface area contributed by atoms with Gasteiger partial charge in [-0.25, -0.2) is 0 Å². The third kappa shape index (κ3) is 4.74. The summed E-state index contributed by atoms with van der Waals surface area (Å²) in [7, 11) is 3.18. The number of amides is 1. The van der Waals surface area contributed by atoms with E-state index in [1.165, 1.54) is 0 Å². The van der Waals surface area contributed by atoms with Gasteiger partial charge in [-0.05, 0) is 23.6 Å². The van der Waals surface area contributed by atoms with Crippen LogP contribution in [0.2, 0.25) is 0 Å². The molecule has 0 aliphatic carbocycles. The van der Waals surface area contributed by atoms with Crippen molar-refractivity contribution in [2.75, 3.05) is 14.2 Å². The van der Waals surface area contributed by atoms with Crippen LogP contribution in [-0.2, 0) is 11.3 Å². The van der Waals surface area contributed by atoms with Crippen molar-refractivity contribution >= 4 is 21.8 Å². The summed E-state index contributed by atoms with van der Waals surface area (Å²) in [4.78, 5) is 11.6. The molecule has 0 radical (unpaired) electrons. The number of carbonyl (C=O) groups is 1. The highest BCUT2D eigenvalue weighted by Crippen LogP contribution is 2.33. The van der Waals surface area contributed by atoms with Crippen LogP contribution in [-0.4, -0.2) is 20.1 Å². The zero-order chi connectivity index (χ0) is 14.4. The number of ether oxygens (including phenoxy) is 2. The standard InChI is InChI=1S/C14H20BrNO3/c1-9(2)5-14(17)16-8-10-6-12(18-3)13(19-4)7-11(10)15/h6-7,9H,5,8H2,1-4H3,(H,16,17). The molecule has 19 heavy (non-hydrogen) atoms. The summed E-state index contributed by atoms with van der Waals surface area (Å²) in [5, 5.41) is 2.89. The van der Waals surface area contributed by atoms with Crippen molar-refractivity contribution in [1.29, 1.82) is 0 Å². The van der Waals surface area contributed by atoms with E-state index in [2.05, 4.69) is 21.2 Å². The Morgan fingerprint density at radius 3 is 2.37 bits per heavy atom. The second-order valence-corrected chi connectivity index (χ2v) is 5.53. The molecule has 1 rings (SSSR count). The lowest BCUT2D eigenvalue weighted by Gasteiger charge is -2.13. The van der Waals surface area contributed by atoms with Crippen LogP contribution in [0.15, 0.2) is 16.6 Å². The molecule has 1 aromatic rings. The number of halogens is 1. The average Bonchev–Trinajstić information content (AvgIpc) is 2.36. The zero-order valence-corrected chi connectivity index (χ0v) is 13.3. The van der Waals surface area contributed by atoms with Crippen LogP contribution in [0.25, 0.3) is 0 Å². The van der Waals surface area contributed by atoms with Gasteiger partial charge in [0, 0.05) is 17.4 Å². The third-order valence-electron chi connectivity index (χ3n) is 2.62. The molecule has 0 saturated carbocycles. The number of hydrogen-bond donors (Lipinski definition) is 1. The predicted octanol–water partition coefficient (Wildman–Crippen LogP) is 3.13. The minimum absolute atomic E-state index is 0.0525. The summed E-state index contributed by atoms with van der Waals surface area (Å²) >= 11 is 3.47. The van der Waals surface area contributed by atoms with Gasteiger partial charge in [-0.2, -0.15) is 0 Å². The highest BCUT2D eigenvalue weighted by Gasteiger charge is 2.11. The molecular formula is C14H20BrNO3. The van der Waals surface area contributed by atoms with Gasteiger partial charge in [0.1, 0.15) is 0 Å². The fraction of sp³-hybridized carbons (Fsp3) is 0.500. The predicted molar refractivity (Wildman–Crippen MR) is 78.5 cm³/mol. The summed E-state index contributed by atoms with van der Waals surface area (Å²) in [6.45, 7) is 4.50. The van der Waals surface area contributed by atoms with Crippen LogP contribution in [0.3, 0.4) is 0 Å². The fourth-order valence-corrected chi connectivity index (χ4v) is 2.13. The lowest BCUT2D eigenvalue weighted by atomic mass is 10.1. The highest BCUT2D eigenvalue weighted by molar-refractivity contribution is 9.10. The van der Waals surface area contributed by atoms with Crippen LogP contribution in [0.1, 0.15) is 25.8 Å². The number of rotatable bonds is 6. The Hall–Kier alpha value is -1.23. The van der Waals surface area contributed by atoms with Crippen LogP contribution < -0.4 is 14.8 Å². The van der Waals surface area contributed by atoms with Crippen LogP contribution in [0.4, 0.5) is 0 Å². The third-order valence-corrected chi connectivity index (χ3v) is 3.36. The van der Waals surface area contributed by atoms with E-state index in [-0.39, 0.29) is 5.91 Å². The molecule has 1 N–H and O–H groups in total. The Morgan fingerprint density at radius 2 is 1.84 bits per heavy atom. The Kier molecular flexibility index (Phi) is 6.15. The summed E-state index contributed by atoms with van der Waals surface area (Å²) in [6, 6.07) is 3.70. The first kappa shape index (κ1) is 15.8. The maximum atomic E-state index is 11.6. The monoisotopic (exact) mass is 329 g/mol. The van der Waals surface area contributed by atoms with Crippen molar-refractivity contribution in [2.24, 2.45) is 5.92 Å². The van der Waals surface area contributed by atoms with Crippen molar-refractivity contribution in [3.63, 3.8) is 0 Å². The zero-order valence-electron chi connectivity index (χ0n) is 11.7. The van der Waals surface area contributed by atoms with E-state index in [1.807, 2.05) is 26.0 Å². The summed E-state index contributed by atoms with van der Waals surface area (Å²) in [5.41, 5.74) is 0.953. The second kappa shape index (κ2) is 7.38. The Labute approximate surface area is 122 Å². The van der Waals surface area contributed by atoms with E-state index >= 15 is 0 Å². The quantitative estimate of drug-likeness (QED) is 0.872. The minimum atomic E-state index is 0.0525. The van der Waals surface area contributed by atoms with E-state index in [4.69, 9.17) is 9.47 Å². The average molecular weight is 330 g/mol. The molecule has 0 spiro atoms. The Balaban J connectivity index is 2.76. The maximum Gasteiger partial charge on any atom is 0.220 e. The topological polar surface area (TPSA) is 47.6 Å². The molecule has 0 fully saturated rings. The van der Waals surface area contributed by atoms with Crippen molar-refractivity contribution in [2.45, 2.75) is 26.8 Å². The lowest BCUT2D eigenvalue weighted by Crippen LogP contribution is -2.24. The largest absolute Gasteiger partial charge is 0.493 e. The summed E-state index contributed by atoms with van der Waals surface area (Å²) in [6.07, 6.45) is 0.533.